The van der Waals surface area contributed by atoms with Crippen LogP contribution in [0.1, 0.15) is 26.4 Å². The second kappa shape index (κ2) is 9.65. The molecule has 31 heavy (non-hydrogen) atoms. The third-order valence-electron chi connectivity index (χ3n) is 5.95. The molecule has 1 aliphatic rings. The lowest BCUT2D eigenvalue weighted by Crippen LogP contribution is -3.00. The van der Waals surface area contributed by atoms with Gasteiger partial charge in [0, 0.05) is 12.0 Å². The van der Waals surface area contributed by atoms with Gasteiger partial charge in [0.05, 0.1) is 35.1 Å². The minimum absolute atomic E-state index is 0. The number of hydrogen-bond acceptors (Lipinski definition) is 3. The monoisotopic (exact) mass is 450 g/mol. The summed E-state index contributed by atoms with van der Waals surface area (Å²) < 4.78 is 0.902. The molecule has 0 saturated heterocycles. The van der Waals surface area contributed by atoms with Crippen LogP contribution >= 0.6 is 11.3 Å². The number of benzene rings is 2. The molecule has 4 rings (SSSR count). The molecule has 2 heterocycles. The van der Waals surface area contributed by atoms with Crippen LogP contribution in [0.4, 0.5) is 5.00 Å². The number of carbonyl (C=O) groups excluding carboxylic acids is 1. The predicted octanol–water partition coefficient (Wildman–Crippen LogP) is 2.48. The molecule has 0 amide bonds. The Balaban J connectivity index is 0.00000272. The fraction of sp³-hybridized carbons (Fsp3) is 0.192. The van der Waals surface area contributed by atoms with E-state index in [1.807, 2.05) is 54.6 Å². The number of carbonyl (C=O) groups is 1. The van der Waals surface area contributed by atoms with E-state index in [-0.39, 0.29) is 18.2 Å². The number of thiophene rings is 1. The standard InChI is InChI=1S/C26H26N2OS.ClH/c1-3-15-28(16-4-2)17-14-22-23(18-28)30-26(27)24(22)25(29)21-12-10-20(11-13-21)19-8-6-5-7-9-19;/h3-13H,1-2,14-18H2,(H-,27,29);1H. The van der Waals surface area contributed by atoms with E-state index in [2.05, 4.69) is 25.3 Å². The van der Waals surface area contributed by atoms with E-state index < -0.39 is 0 Å². The maximum Gasteiger partial charge on any atom is 0.196 e. The highest BCUT2D eigenvalue weighted by Crippen LogP contribution is 2.39. The molecule has 3 aromatic rings. The molecule has 0 spiro atoms. The molecule has 5 heteroatoms. The molecule has 0 unspecified atom stereocenters. The topological polar surface area (TPSA) is 43.1 Å². The van der Waals surface area contributed by atoms with Crippen LogP contribution in [0.15, 0.2) is 79.9 Å². The van der Waals surface area contributed by atoms with Gasteiger partial charge in [0.15, 0.2) is 5.78 Å². The predicted molar refractivity (Wildman–Crippen MR) is 127 cm³/mol. The van der Waals surface area contributed by atoms with Crippen molar-refractivity contribution < 1.29 is 21.7 Å². The van der Waals surface area contributed by atoms with Crippen molar-refractivity contribution in [2.24, 2.45) is 0 Å². The van der Waals surface area contributed by atoms with E-state index in [4.69, 9.17) is 5.73 Å². The first-order valence-corrected chi connectivity index (χ1v) is 11.1. The van der Waals surface area contributed by atoms with E-state index >= 15 is 0 Å². The quantitative estimate of drug-likeness (QED) is 0.341. The Bertz CT molecular complexity index is 1080. The number of nitrogens with two attached hydrogens (primary N) is 1. The summed E-state index contributed by atoms with van der Waals surface area (Å²) in [6.45, 7) is 11.5. The zero-order chi connectivity index (χ0) is 21.1. The lowest BCUT2D eigenvalue weighted by atomic mass is 9.94. The van der Waals surface area contributed by atoms with Gasteiger partial charge in [-0.3, -0.25) is 4.79 Å². The van der Waals surface area contributed by atoms with Crippen molar-refractivity contribution in [1.29, 1.82) is 0 Å². The number of halogens is 1. The summed E-state index contributed by atoms with van der Waals surface area (Å²) >= 11 is 1.57. The normalized spacial score (nSPS) is 14.2. The van der Waals surface area contributed by atoms with Gasteiger partial charge < -0.3 is 22.6 Å². The first-order chi connectivity index (χ1) is 14.6. The summed E-state index contributed by atoms with van der Waals surface area (Å²) in [6.07, 6.45) is 4.81. The van der Waals surface area contributed by atoms with Crippen LogP contribution in [0.25, 0.3) is 11.1 Å². The molecule has 0 saturated carbocycles. The molecule has 2 N–H and O–H groups in total. The first kappa shape index (κ1) is 23.0. The van der Waals surface area contributed by atoms with Crippen molar-refractivity contribution in [3.05, 3.63) is 101 Å². The zero-order valence-electron chi connectivity index (χ0n) is 17.5. The molecule has 0 fully saturated rings. The Hall–Kier alpha value is -2.66. The van der Waals surface area contributed by atoms with Crippen molar-refractivity contribution in [3.8, 4) is 11.1 Å². The summed E-state index contributed by atoms with van der Waals surface area (Å²) in [5.41, 5.74) is 11.1. The minimum atomic E-state index is 0. The Labute approximate surface area is 194 Å². The lowest BCUT2D eigenvalue weighted by Gasteiger charge is -2.40. The summed E-state index contributed by atoms with van der Waals surface area (Å²) in [4.78, 5) is 14.6. The van der Waals surface area contributed by atoms with Crippen LogP contribution in [-0.4, -0.2) is 29.9 Å². The van der Waals surface area contributed by atoms with Gasteiger partial charge in [0.2, 0.25) is 0 Å². The van der Waals surface area contributed by atoms with Gasteiger partial charge in [-0.2, -0.15) is 0 Å². The average Bonchev–Trinajstić information content (AvgIpc) is 3.09. The van der Waals surface area contributed by atoms with E-state index in [1.54, 1.807) is 11.3 Å². The van der Waals surface area contributed by atoms with Crippen molar-refractivity contribution in [2.75, 3.05) is 25.4 Å². The number of rotatable bonds is 7. The number of ketones is 1. The molecule has 2 aromatic carbocycles. The third kappa shape index (κ3) is 4.52. The second-order valence-electron chi connectivity index (χ2n) is 7.93. The zero-order valence-corrected chi connectivity index (χ0v) is 19.1. The van der Waals surface area contributed by atoms with Gasteiger partial charge >= 0.3 is 0 Å². The summed E-state index contributed by atoms with van der Waals surface area (Å²) in [5.74, 6) is 0.0250. The van der Waals surface area contributed by atoms with Crippen molar-refractivity contribution in [2.45, 2.75) is 13.0 Å². The largest absolute Gasteiger partial charge is 1.00 e. The third-order valence-corrected chi connectivity index (χ3v) is 6.99. The molecule has 160 valence electrons. The molecule has 1 aliphatic heterocycles. The number of anilines is 1. The molecule has 0 aliphatic carbocycles. The average molecular weight is 451 g/mol. The van der Waals surface area contributed by atoms with Crippen LogP contribution in [0.2, 0.25) is 0 Å². The number of nitrogens with zero attached hydrogens (tertiary/aromatic N) is 1. The van der Waals surface area contributed by atoms with Crippen LogP contribution in [-0.2, 0) is 13.0 Å². The number of fused-ring (bicyclic) bond motifs is 1. The van der Waals surface area contributed by atoms with Crippen molar-refractivity contribution in [1.82, 2.24) is 0 Å². The van der Waals surface area contributed by atoms with Crippen LogP contribution in [0.5, 0.6) is 0 Å². The highest BCUT2D eigenvalue weighted by Gasteiger charge is 2.35. The highest BCUT2D eigenvalue weighted by molar-refractivity contribution is 7.16. The molecule has 1 aromatic heterocycles. The fourth-order valence-electron chi connectivity index (χ4n) is 4.43. The number of quaternary nitrogens is 1. The van der Waals surface area contributed by atoms with Crippen molar-refractivity contribution >= 4 is 22.1 Å². The Morgan fingerprint density at radius 2 is 1.61 bits per heavy atom. The van der Waals surface area contributed by atoms with Gasteiger partial charge in [0.25, 0.3) is 0 Å². The van der Waals surface area contributed by atoms with E-state index in [0.717, 1.165) is 53.8 Å². The van der Waals surface area contributed by atoms with Crippen LogP contribution in [0.3, 0.4) is 0 Å². The Morgan fingerprint density at radius 1 is 1.00 bits per heavy atom. The molecule has 0 radical (unpaired) electrons. The summed E-state index contributed by atoms with van der Waals surface area (Å²) in [5, 5.41) is 0.634. The molecule has 0 bridgehead atoms. The van der Waals surface area contributed by atoms with Gasteiger partial charge in [0.1, 0.15) is 6.54 Å². The van der Waals surface area contributed by atoms with Gasteiger partial charge in [-0.25, -0.2) is 0 Å². The number of hydrogen-bond donors (Lipinski definition) is 1. The van der Waals surface area contributed by atoms with E-state index in [1.165, 1.54) is 4.88 Å². The van der Waals surface area contributed by atoms with Gasteiger partial charge in [-0.1, -0.05) is 67.8 Å². The summed E-state index contributed by atoms with van der Waals surface area (Å²) in [6, 6.07) is 18.0. The van der Waals surface area contributed by atoms with E-state index in [9.17, 15) is 4.79 Å². The highest BCUT2D eigenvalue weighted by atomic mass is 35.5. The lowest BCUT2D eigenvalue weighted by molar-refractivity contribution is -0.931. The molecule has 0 atom stereocenters. The smallest absolute Gasteiger partial charge is 0.196 e. The second-order valence-corrected chi connectivity index (χ2v) is 9.07. The fourth-order valence-corrected chi connectivity index (χ4v) is 5.68. The number of nitrogen functional groups attached to an aromatic ring is 1. The van der Waals surface area contributed by atoms with Crippen LogP contribution in [0, 0.1) is 0 Å². The maximum atomic E-state index is 13.4. The van der Waals surface area contributed by atoms with Crippen molar-refractivity contribution in [3.63, 3.8) is 0 Å². The van der Waals surface area contributed by atoms with Crippen LogP contribution < -0.4 is 18.1 Å². The van der Waals surface area contributed by atoms with E-state index in [0.29, 0.717) is 16.1 Å². The molecular formula is C26H27ClN2OS. The van der Waals surface area contributed by atoms with Gasteiger partial charge in [-0.15, -0.1) is 11.3 Å². The summed E-state index contributed by atoms with van der Waals surface area (Å²) in [7, 11) is 0. The Morgan fingerprint density at radius 3 is 2.23 bits per heavy atom. The molecular weight excluding hydrogens is 424 g/mol. The SMILES string of the molecule is C=CC[N+]1(CC=C)CCc2c(sc(N)c2C(=O)c2ccc(-c3ccccc3)cc2)C1.[Cl-]. The maximum absolute atomic E-state index is 13.4. The minimum Gasteiger partial charge on any atom is -1.00 e. The Kier molecular flexibility index (Phi) is 7.16. The van der Waals surface area contributed by atoms with Gasteiger partial charge in [-0.05, 0) is 28.8 Å². The first-order valence-electron chi connectivity index (χ1n) is 10.2. The molecule has 3 nitrogen and oxygen atoms in total.